The van der Waals surface area contributed by atoms with Crippen LogP contribution in [0.3, 0.4) is 0 Å². The van der Waals surface area contributed by atoms with Crippen LogP contribution < -0.4 is 0 Å². The van der Waals surface area contributed by atoms with Crippen LogP contribution in [0.4, 0.5) is 0 Å². The number of phenolic OH excluding ortho intramolecular Hbond substituents is 2. The SMILES string of the molecule is CC(C)(C)c1cc(C[Se][Se]Cc2cc(C(C)(C)C)c(O)c(C(C)(C)C)c2)cc(C(C)(C)C)c1O. The second kappa shape index (κ2) is 10.2. The molecule has 0 saturated carbocycles. The molecule has 2 aromatic carbocycles. The van der Waals surface area contributed by atoms with Gasteiger partial charge in [0, 0.05) is 0 Å². The van der Waals surface area contributed by atoms with Gasteiger partial charge in [-0.3, -0.25) is 0 Å². The molecule has 34 heavy (non-hydrogen) atoms. The van der Waals surface area contributed by atoms with Crippen molar-refractivity contribution in [1.82, 2.24) is 0 Å². The third-order valence-electron chi connectivity index (χ3n) is 6.11. The van der Waals surface area contributed by atoms with Crippen LogP contribution in [0.25, 0.3) is 0 Å². The number of phenols is 2. The Hall–Kier alpha value is -0.921. The summed E-state index contributed by atoms with van der Waals surface area (Å²) in [7, 11) is 0. The zero-order valence-corrected chi connectivity index (χ0v) is 26.9. The predicted octanol–water partition coefficient (Wildman–Crippen LogP) is 7.31. The molecule has 0 radical (unpaired) electrons. The first-order chi connectivity index (χ1) is 15.2. The molecule has 2 N–H and O–H groups in total. The Morgan fingerprint density at radius 3 is 0.853 bits per heavy atom. The van der Waals surface area contributed by atoms with Crippen LogP contribution in [-0.2, 0) is 32.3 Å². The van der Waals surface area contributed by atoms with E-state index in [1.54, 1.807) is 0 Å². The summed E-state index contributed by atoms with van der Waals surface area (Å²) in [4.78, 5) is 0. The first-order valence-electron chi connectivity index (χ1n) is 12.2. The van der Waals surface area contributed by atoms with Crippen molar-refractivity contribution < 1.29 is 10.2 Å². The molecule has 0 saturated heterocycles. The maximum absolute atomic E-state index is 11.0. The summed E-state index contributed by atoms with van der Waals surface area (Å²) in [6.07, 6.45) is 0. The van der Waals surface area contributed by atoms with Crippen molar-refractivity contribution in [2.75, 3.05) is 0 Å². The standard InChI is InChI=1S/C30H46O2Se2/c1-27(2,3)21-13-19(14-22(25(21)31)28(4,5)6)17-33-34-18-20-15-23(29(7,8)9)26(32)24(16-20)30(10,11)12/h13-16,31-32H,17-18H2,1-12H3. The molecule has 190 valence electrons. The van der Waals surface area contributed by atoms with Crippen molar-refractivity contribution in [3.63, 3.8) is 0 Å². The third-order valence-corrected chi connectivity index (χ3v) is 12.7. The molecule has 0 aliphatic heterocycles. The van der Waals surface area contributed by atoms with Crippen molar-refractivity contribution in [2.24, 2.45) is 0 Å². The molecule has 0 aromatic heterocycles. The average molecular weight is 597 g/mol. The molecule has 0 atom stereocenters. The van der Waals surface area contributed by atoms with E-state index in [1.807, 2.05) is 0 Å². The number of hydrogen-bond acceptors (Lipinski definition) is 2. The fraction of sp³-hybridized carbons (Fsp3) is 0.600. The normalized spacial score (nSPS) is 13.4. The summed E-state index contributed by atoms with van der Waals surface area (Å²) < 4.78 is 0. The van der Waals surface area contributed by atoms with Crippen LogP contribution in [-0.4, -0.2) is 36.5 Å². The van der Waals surface area contributed by atoms with E-state index in [0.29, 0.717) is 37.8 Å². The molecule has 0 unspecified atom stereocenters. The molecular weight excluding hydrogens is 550 g/mol. The van der Waals surface area contributed by atoms with E-state index in [-0.39, 0.29) is 21.7 Å². The van der Waals surface area contributed by atoms with Gasteiger partial charge in [0.2, 0.25) is 0 Å². The topological polar surface area (TPSA) is 40.5 Å². The predicted molar refractivity (Wildman–Crippen MR) is 150 cm³/mol. The molecule has 0 bridgehead atoms. The Kier molecular flexibility index (Phi) is 8.80. The molecule has 2 rings (SSSR count). The summed E-state index contributed by atoms with van der Waals surface area (Å²) in [5.74, 6) is 0.936. The molecule has 0 heterocycles. The van der Waals surface area contributed by atoms with E-state index in [9.17, 15) is 10.2 Å². The van der Waals surface area contributed by atoms with E-state index in [0.717, 1.165) is 32.9 Å². The van der Waals surface area contributed by atoms with Gasteiger partial charge in [-0.2, -0.15) is 0 Å². The molecule has 4 heteroatoms. The Morgan fingerprint density at radius 2 is 0.676 bits per heavy atom. The minimum atomic E-state index is -0.0863. The van der Waals surface area contributed by atoms with Gasteiger partial charge in [0.05, 0.1) is 0 Å². The summed E-state index contributed by atoms with van der Waals surface area (Å²) in [5, 5.41) is 24.2. The summed E-state index contributed by atoms with van der Waals surface area (Å²) in [5.41, 5.74) is 6.59. The fourth-order valence-corrected chi connectivity index (χ4v) is 10.5. The fourth-order valence-electron chi connectivity index (χ4n) is 4.06. The Labute approximate surface area is 220 Å². The van der Waals surface area contributed by atoms with Crippen molar-refractivity contribution in [3.8, 4) is 11.5 Å². The molecule has 0 spiro atoms. The van der Waals surface area contributed by atoms with Crippen LogP contribution in [0.5, 0.6) is 11.5 Å². The molecule has 2 nitrogen and oxygen atoms in total. The average Bonchev–Trinajstić information content (AvgIpc) is 2.63. The zero-order valence-electron chi connectivity index (χ0n) is 23.4. The summed E-state index contributed by atoms with van der Waals surface area (Å²) in [6, 6.07) is 8.94. The van der Waals surface area contributed by atoms with Crippen LogP contribution in [0.15, 0.2) is 24.3 Å². The van der Waals surface area contributed by atoms with Gasteiger partial charge in [-0.05, 0) is 0 Å². The second-order valence-electron chi connectivity index (χ2n) is 13.6. The van der Waals surface area contributed by atoms with Gasteiger partial charge in [0.25, 0.3) is 0 Å². The van der Waals surface area contributed by atoms with Crippen LogP contribution in [0.1, 0.15) is 116 Å². The van der Waals surface area contributed by atoms with Crippen molar-refractivity contribution in [1.29, 1.82) is 0 Å². The van der Waals surface area contributed by atoms with Crippen LogP contribution in [0, 0.1) is 0 Å². The monoisotopic (exact) mass is 598 g/mol. The molecule has 0 amide bonds. The minimum absolute atomic E-state index is 0.0863. The first kappa shape index (κ1) is 29.3. The van der Waals surface area contributed by atoms with Crippen molar-refractivity contribution in [2.45, 2.75) is 115 Å². The quantitative estimate of drug-likeness (QED) is 0.281. The van der Waals surface area contributed by atoms with Gasteiger partial charge in [-0.1, -0.05) is 0 Å². The van der Waals surface area contributed by atoms with Crippen molar-refractivity contribution in [3.05, 3.63) is 57.6 Å². The van der Waals surface area contributed by atoms with Gasteiger partial charge in [-0.15, -0.1) is 0 Å². The molecular formula is C30H46O2Se2. The number of benzene rings is 2. The molecule has 2 aromatic rings. The first-order valence-corrected chi connectivity index (χ1v) is 19.0. The second-order valence-corrected chi connectivity index (χ2v) is 20.9. The van der Waals surface area contributed by atoms with E-state index >= 15 is 0 Å². The van der Waals surface area contributed by atoms with Gasteiger partial charge in [-0.25, -0.2) is 0 Å². The van der Waals surface area contributed by atoms with Crippen LogP contribution >= 0.6 is 0 Å². The Bertz CT molecular complexity index is 857. The molecule has 0 aliphatic rings. The Morgan fingerprint density at radius 1 is 0.471 bits per heavy atom. The maximum atomic E-state index is 11.0. The van der Waals surface area contributed by atoms with E-state index in [4.69, 9.17) is 0 Å². The van der Waals surface area contributed by atoms with E-state index in [2.05, 4.69) is 107 Å². The van der Waals surface area contributed by atoms with Crippen LogP contribution in [0.2, 0.25) is 0 Å². The van der Waals surface area contributed by atoms with Gasteiger partial charge in [0.1, 0.15) is 0 Å². The molecule has 0 aliphatic carbocycles. The summed E-state index contributed by atoms with van der Waals surface area (Å²) in [6.45, 7) is 26.1. The van der Waals surface area contributed by atoms with Gasteiger partial charge in [0.15, 0.2) is 0 Å². The van der Waals surface area contributed by atoms with E-state index < -0.39 is 0 Å². The molecule has 0 fully saturated rings. The van der Waals surface area contributed by atoms with Gasteiger partial charge < -0.3 is 0 Å². The number of rotatable bonds is 5. The zero-order chi connectivity index (χ0) is 26.3. The Balaban J connectivity index is 2.26. The van der Waals surface area contributed by atoms with Gasteiger partial charge >= 0.3 is 221 Å². The van der Waals surface area contributed by atoms with Crippen molar-refractivity contribution >= 4 is 26.3 Å². The number of aromatic hydroxyl groups is 2. The van der Waals surface area contributed by atoms with E-state index in [1.165, 1.54) is 11.1 Å². The number of hydrogen-bond donors (Lipinski definition) is 2. The third kappa shape index (κ3) is 7.30. The summed E-state index contributed by atoms with van der Waals surface area (Å²) >= 11 is 1.05.